The molecule has 0 fully saturated rings. The van der Waals surface area contributed by atoms with Gasteiger partial charge in [0.05, 0.1) is 16.3 Å². The van der Waals surface area contributed by atoms with E-state index in [1.54, 1.807) is 6.92 Å². The summed E-state index contributed by atoms with van der Waals surface area (Å²) in [5.41, 5.74) is 0.728. The lowest BCUT2D eigenvalue weighted by Crippen LogP contribution is -2.38. The minimum atomic E-state index is -0.380. The topological polar surface area (TPSA) is 74.2 Å². The van der Waals surface area contributed by atoms with Crippen molar-refractivity contribution in [1.29, 1.82) is 0 Å². The van der Waals surface area contributed by atoms with E-state index >= 15 is 0 Å². The van der Waals surface area contributed by atoms with Crippen molar-refractivity contribution < 1.29 is 9.90 Å². The van der Waals surface area contributed by atoms with Gasteiger partial charge in [-0.25, -0.2) is 9.78 Å². The summed E-state index contributed by atoms with van der Waals surface area (Å²) in [6.07, 6.45) is 0.253. The number of aliphatic hydroxyl groups excluding tert-OH is 1. The van der Waals surface area contributed by atoms with Crippen LogP contribution < -0.4 is 10.6 Å². The number of nitrogens with zero attached hydrogens (tertiary/aromatic N) is 1. The van der Waals surface area contributed by atoms with Gasteiger partial charge in [-0.1, -0.05) is 37.3 Å². The van der Waals surface area contributed by atoms with Crippen LogP contribution in [0.2, 0.25) is 0 Å². The molecule has 2 amide bonds. The summed E-state index contributed by atoms with van der Waals surface area (Å²) in [6.45, 7) is 6.27. The molecule has 1 atom stereocenters. The molecule has 114 valence electrons. The Morgan fingerprint density at radius 1 is 1.43 bits per heavy atom. The molecule has 0 saturated heterocycles. The highest BCUT2D eigenvalue weighted by molar-refractivity contribution is 7.22. The van der Waals surface area contributed by atoms with Crippen molar-refractivity contribution >= 4 is 32.7 Å². The van der Waals surface area contributed by atoms with Crippen LogP contribution in [0.15, 0.2) is 24.3 Å². The van der Waals surface area contributed by atoms with Gasteiger partial charge in [0.15, 0.2) is 5.13 Å². The average molecular weight is 307 g/mol. The molecule has 0 aliphatic carbocycles. The molecule has 0 radical (unpaired) electrons. The summed E-state index contributed by atoms with van der Waals surface area (Å²) < 4.78 is 1.04. The van der Waals surface area contributed by atoms with Crippen molar-refractivity contribution in [3.05, 3.63) is 24.3 Å². The molecule has 0 spiro atoms. The molecule has 0 aliphatic rings. The Hall–Kier alpha value is -1.66. The van der Waals surface area contributed by atoms with Gasteiger partial charge < -0.3 is 10.4 Å². The standard InChI is InChI=1S/C15H21N3O2S/c1-10(19)8-15(2,3)9-16-13(20)18-14-17-11-6-4-5-7-12(11)21-14/h4-7,10,19H,8-9H2,1-3H3,(H2,16,17,18,20). The predicted molar refractivity (Wildman–Crippen MR) is 86.7 cm³/mol. The fourth-order valence-corrected chi connectivity index (χ4v) is 3.12. The molecule has 2 rings (SSSR count). The van der Waals surface area contributed by atoms with Crippen LogP contribution in [0, 0.1) is 5.41 Å². The maximum Gasteiger partial charge on any atom is 0.321 e. The molecule has 1 aromatic heterocycles. The highest BCUT2D eigenvalue weighted by Crippen LogP contribution is 2.25. The SMILES string of the molecule is CC(O)CC(C)(C)CNC(=O)Nc1nc2ccccc2s1. The van der Waals surface area contributed by atoms with E-state index in [2.05, 4.69) is 15.6 Å². The normalized spacial score (nSPS) is 13.1. The van der Waals surface area contributed by atoms with E-state index in [-0.39, 0.29) is 17.6 Å². The third-order valence-electron chi connectivity index (χ3n) is 3.09. The van der Waals surface area contributed by atoms with Crippen molar-refractivity contribution in [2.75, 3.05) is 11.9 Å². The van der Waals surface area contributed by atoms with Crippen molar-refractivity contribution in [3.8, 4) is 0 Å². The fraction of sp³-hybridized carbons (Fsp3) is 0.467. The van der Waals surface area contributed by atoms with E-state index in [9.17, 15) is 9.90 Å². The van der Waals surface area contributed by atoms with Crippen molar-refractivity contribution in [3.63, 3.8) is 0 Å². The van der Waals surface area contributed by atoms with Gasteiger partial charge >= 0.3 is 6.03 Å². The summed E-state index contributed by atoms with van der Waals surface area (Å²) in [5, 5.41) is 15.6. The number of nitrogens with one attached hydrogen (secondary N) is 2. The number of carbonyl (C=O) groups excluding carboxylic acids is 1. The summed E-state index contributed by atoms with van der Waals surface area (Å²) in [4.78, 5) is 16.3. The Balaban J connectivity index is 1.89. The molecule has 0 aliphatic heterocycles. The fourth-order valence-electron chi connectivity index (χ4n) is 2.26. The van der Waals surface area contributed by atoms with E-state index in [4.69, 9.17) is 0 Å². The molecular formula is C15H21N3O2S. The van der Waals surface area contributed by atoms with Crippen LogP contribution in [0.5, 0.6) is 0 Å². The van der Waals surface area contributed by atoms with Crippen LogP contribution in [0.3, 0.4) is 0 Å². The number of para-hydroxylation sites is 1. The first kappa shape index (κ1) is 15.7. The third-order valence-corrected chi connectivity index (χ3v) is 4.04. The number of carbonyl (C=O) groups is 1. The Morgan fingerprint density at radius 3 is 2.81 bits per heavy atom. The Bertz CT molecular complexity index is 589. The second-order valence-electron chi connectivity index (χ2n) is 6.01. The van der Waals surface area contributed by atoms with Crippen molar-refractivity contribution in [2.45, 2.75) is 33.3 Å². The maximum atomic E-state index is 11.9. The summed E-state index contributed by atoms with van der Waals surface area (Å²) in [7, 11) is 0. The zero-order valence-corrected chi connectivity index (χ0v) is 13.3. The predicted octanol–water partition coefficient (Wildman–Crippen LogP) is 3.21. The highest BCUT2D eigenvalue weighted by Gasteiger charge is 2.21. The number of fused-ring (bicyclic) bond motifs is 1. The van der Waals surface area contributed by atoms with Gasteiger partial charge in [-0.3, -0.25) is 5.32 Å². The maximum absolute atomic E-state index is 11.9. The molecule has 3 N–H and O–H groups in total. The minimum Gasteiger partial charge on any atom is -0.393 e. The van der Waals surface area contributed by atoms with Crippen LogP contribution in [-0.2, 0) is 0 Å². The van der Waals surface area contributed by atoms with Crippen LogP contribution in [-0.4, -0.2) is 28.8 Å². The number of amides is 2. The van der Waals surface area contributed by atoms with Gasteiger partial charge in [0.1, 0.15) is 0 Å². The number of anilines is 1. The van der Waals surface area contributed by atoms with Gasteiger partial charge in [0.2, 0.25) is 0 Å². The Kier molecular flexibility index (Phi) is 4.80. The number of aromatic nitrogens is 1. The Labute approximate surface area is 128 Å². The van der Waals surface area contributed by atoms with Crippen LogP contribution in [0.25, 0.3) is 10.2 Å². The van der Waals surface area contributed by atoms with Gasteiger partial charge in [0, 0.05) is 6.54 Å². The lowest BCUT2D eigenvalue weighted by Gasteiger charge is -2.26. The largest absolute Gasteiger partial charge is 0.393 e. The first-order valence-corrected chi connectivity index (χ1v) is 7.76. The van der Waals surface area contributed by atoms with Gasteiger partial charge in [-0.2, -0.15) is 0 Å². The molecule has 21 heavy (non-hydrogen) atoms. The van der Waals surface area contributed by atoms with Gasteiger partial charge in [-0.05, 0) is 30.9 Å². The first-order chi connectivity index (χ1) is 9.85. The zero-order chi connectivity index (χ0) is 15.5. The van der Waals surface area contributed by atoms with E-state index in [0.29, 0.717) is 18.1 Å². The molecule has 0 saturated carbocycles. The summed E-state index contributed by atoms with van der Waals surface area (Å²) in [6, 6.07) is 7.49. The molecule has 2 aromatic rings. The third kappa shape index (κ3) is 4.68. The molecule has 0 bridgehead atoms. The van der Waals surface area contributed by atoms with Crippen molar-refractivity contribution in [1.82, 2.24) is 10.3 Å². The molecule has 1 unspecified atom stereocenters. The zero-order valence-electron chi connectivity index (χ0n) is 12.5. The van der Waals surface area contributed by atoms with E-state index < -0.39 is 0 Å². The van der Waals surface area contributed by atoms with E-state index in [1.807, 2.05) is 38.1 Å². The quantitative estimate of drug-likeness (QED) is 0.794. The number of rotatable bonds is 5. The number of hydrogen-bond acceptors (Lipinski definition) is 4. The highest BCUT2D eigenvalue weighted by atomic mass is 32.1. The molecule has 5 nitrogen and oxygen atoms in total. The minimum absolute atomic E-state index is 0.154. The van der Waals surface area contributed by atoms with Gasteiger partial charge in [-0.15, -0.1) is 0 Å². The molecule has 6 heteroatoms. The van der Waals surface area contributed by atoms with Crippen LogP contribution in [0.4, 0.5) is 9.93 Å². The van der Waals surface area contributed by atoms with Gasteiger partial charge in [0.25, 0.3) is 0 Å². The monoisotopic (exact) mass is 307 g/mol. The lowest BCUT2D eigenvalue weighted by molar-refractivity contribution is 0.129. The lowest BCUT2D eigenvalue weighted by atomic mass is 9.87. The smallest absolute Gasteiger partial charge is 0.321 e. The first-order valence-electron chi connectivity index (χ1n) is 6.94. The summed E-state index contributed by atoms with van der Waals surface area (Å²) >= 11 is 1.45. The molecular weight excluding hydrogens is 286 g/mol. The van der Waals surface area contributed by atoms with E-state index in [0.717, 1.165) is 10.2 Å². The molecule has 1 heterocycles. The average Bonchev–Trinajstić information content (AvgIpc) is 2.77. The van der Waals surface area contributed by atoms with E-state index in [1.165, 1.54) is 11.3 Å². The summed E-state index contributed by atoms with van der Waals surface area (Å²) in [5.74, 6) is 0. The number of aliphatic hydroxyl groups is 1. The van der Waals surface area contributed by atoms with Crippen LogP contribution in [0.1, 0.15) is 27.2 Å². The number of urea groups is 1. The van der Waals surface area contributed by atoms with Crippen LogP contribution >= 0.6 is 11.3 Å². The number of thiazole rings is 1. The number of benzene rings is 1. The number of hydrogen-bond donors (Lipinski definition) is 3. The molecule has 1 aromatic carbocycles. The van der Waals surface area contributed by atoms with Crippen molar-refractivity contribution in [2.24, 2.45) is 5.41 Å². The Morgan fingerprint density at radius 2 is 2.14 bits per heavy atom. The second kappa shape index (κ2) is 6.41. The second-order valence-corrected chi connectivity index (χ2v) is 7.04.